The van der Waals surface area contributed by atoms with Gasteiger partial charge in [0.2, 0.25) is 10.0 Å². The molecule has 0 aliphatic heterocycles. The molecule has 3 rings (SSSR count). The van der Waals surface area contributed by atoms with E-state index in [9.17, 15) is 17.9 Å². The Hall–Kier alpha value is -2.81. The molecule has 3 aromatic rings. The molecule has 8 heteroatoms. The molecule has 1 heterocycles. The molecule has 0 amide bonds. The molecule has 1 unspecified atom stereocenters. The van der Waals surface area contributed by atoms with Crippen LogP contribution in [0.4, 0.5) is 4.39 Å². The molecular formula is C21H21FN2O4S. The van der Waals surface area contributed by atoms with Gasteiger partial charge in [-0.15, -0.1) is 0 Å². The number of nitrogens with zero attached hydrogens (tertiary/aromatic N) is 1. The lowest BCUT2D eigenvalue weighted by atomic mass is 10.1. The third kappa shape index (κ3) is 5.83. The average Bonchev–Trinajstić information content (AvgIpc) is 2.71. The van der Waals surface area contributed by atoms with E-state index in [1.807, 2.05) is 12.1 Å². The lowest BCUT2D eigenvalue weighted by molar-refractivity contribution is 0.100. The Labute approximate surface area is 168 Å². The lowest BCUT2D eigenvalue weighted by Gasteiger charge is -2.13. The largest absolute Gasteiger partial charge is 0.491 e. The number of rotatable bonds is 8. The summed E-state index contributed by atoms with van der Waals surface area (Å²) in [6.45, 7) is 0.136. The standard InChI is InChI=1S/C21H21FN2O4S/c22-21-12-19(29(23,26)27)9-10-20(21)16-4-7-18(8-5-16)28-14-17(25)6-3-15-2-1-11-24-13-15/h1-2,4-5,7-13,17,25H,3,6,14H2,(H2,23,26,27). The number of aromatic nitrogens is 1. The van der Waals surface area contributed by atoms with E-state index in [4.69, 9.17) is 9.88 Å². The van der Waals surface area contributed by atoms with Crippen LogP contribution in [0.15, 0.2) is 71.9 Å². The van der Waals surface area contributed by atoms with Crippen molar-refractivity contribution < 1.29 is 22.7 Å². The Kier molecular flexibility index (Phi) is 6.58. The van der Waals surface area contributed by atoms with Gasteiger partial charge in [0.15, 0.2) is 0 Å². The van der Waals surface area contributed by atoms with Crippen molar-refractivity contribution in [2.75, 3.05) is 6.61 Å². The van der Waals surface area contributed by atoms with Crippen molar-refractivity contribution in [3.63, 3.8) is 0 Å². The average molecular weight is 416 g/mol. The van der Waals surface area contributed by atoms with Crippen molar-refractivity contribution in [2.24, 2.45) is 5.14 Å². The first kappa shape index (κ1) is 20.9. The maximum absolute atomic E-state index is 14.3. The Morgan fingerprint density at radius 1 is 1.14 bits per heavy atom. The summed E-state index contributed by atoms with van der Waals surface area (Å²) in [5.41, 5.74) is 1.86. The molecule has 0 aliphatic carbocycles. The molecule has 0 saturated heterocycles. The molecule has 29 heavy (non-hydrogen) atoms. The summed E-state index contributed by atoms with van der Waals surface area (Å²) in [5.74, 6) is -0.147. The fourth-order valence-electron chi connectivity index (χ4n) is 2.79. The minimum absolute atomic E-state index is 0.136. The number of aryl methyl sites for hydroxylation is 1. The Balaban J connectivity index is 1.57. The van der Waals surface area contributed by atoms with Crippen LogP contribution in [0.1, 0.15) is 12.0 Å². The second-order valence-corrected chi connectivity index (χ2v) is 8.14. The predicted octanol–water partition coefficient (Wildman–Crippen LogP) is 2.91. The van der Waals surface area contributed by atoms with Gasteiger partial charge in [-0.1, -0.05) is 24.3 Å². The summed E-state index contributed by atoms with van der Waals surface area (Å²) in [7, 11) is -3.96. The van der Waals surface area contributed by atoms with Gasteiger partial charge in [0, 0.05) is 18.0 Å². The predicted molar refractivity (Wildman–Crippen MR) is 107 cm³/mol. The van der Waals surface area contributed by atoms with E-state index in [0.29, 0.717) is 24.2 Å². The summed E-state index contributed by atoms with van der Waals surface area (Å²) in [6, 6.07) is 14.0. The van der Waals surface area contributed by atoms with E-state index < -0.39 is 21.9 Å². The molecule has 2 aromatic carbocycles. The Morgan fingerprint density at radius 3 is 2.52 bits per heavy atom. The van der Waals surface area contributed by atoms with E-state index in [-0.39, 0.29) is 17.1 Å². The first-order chi connectivity index (χ1) is 13.8. The molecule has 6 nitrogen and oxygen atoms in total. The number of pyridine rings is 1. The number of nitrogens with two attached hydrogens (primary N) is 1. The fraction of sp³-hybridized carbons (Fsp3) is 0.190. The summed E-state index contributed by atoms with van der Waals surface area (Å²) in [6.07, 6.45) is 4.09. The summed E-state index contributed by atoms with van der Waals surface area (Å²) in [5, 5.41) is 15.1. The molecule has 0 fully saturated rings. The lowest BCUT2D eigenvalue weighted by Crippen LogP contribution is -2.18. The number of hydrogen-bond acceptors (Lipinski definition) is 5. The topological polar surface area (TPSA) is 103 Å². The summed E-state index contributed by atoms with van der Waals surface area (Å²) in [4.78, 5) is 3.76. The molecule has 0 radical (unpaired) electrons. The maximum Gasteiger partial charge on any atom is 0.238 e. The number of benzene rings is 2. The van der Waals surface area contributed by atoms with Crippen LogP contribution in [0.2, 0.25) is 0 Å². The zero-order valence-electron chi connectivity index (χ0n) is 15.5. The highest BCUT2D eigenvalue weighted by molar-refractivity contribution is 7.89. The monoisotopic (exact) mass is 416 g/mol. The molecule has 1 atom stereocenters. The number of ether oxygens (including phenoxy) is 1. The van der Waals surface area contributed by atoms with Crippen LogP contribution in [0.5, 0.6) is 5.75 Å². The van der Waals surface area contributed by atoms with Gasteiger partial charge < -0.3 is 9.84 Å². The number of hydrogen-bond donors (Lipinski definition) is 2. The number of halogens is 1. The SMILES string of the molecule is NS(=O)(=O)c1ccc(-c2ccc(OCC(O)CCc3cccnc3)cc2)c(F)c1. The van der Waals surface area contributed by atoms with Crippen molar-refractivity contribution in [3.8, 4) is 16.9 Å². The van der Waals surface area contributed by atoms with Gasteiger partial charge in [-0.25, -0.2) is 17.9 Å². The van der Waals surface area contributed by atoms with Crippen LogP contribution >= 0.6 is 0 Å². The second-order valence-electron chi connectivity index (χ2n) is 6.58. The highest BCUT2D eigenvalue weighted by Crippen LogP contribution is 2.26. The van der Waals surface area contributed by atoms with E-state index in [1.165, 1.54) is 12.1 Å². The molecule has 1 aromatic heterocycles. The second kappa shape index (κ2) is 9.13. The van der Waals surface area contributed by atoms with Gasteiger partial charge in [0.25, 0.3) is 0 Å². The zero-order valence-corrected chi connectivity index (χ0v) is 16.3. The Bertz CT molecular complexity index is 1060. The molecule has 152 valence electrons. The number of sulfonamides is 1. The highest BCUT2D eigenvalue weighted by atomic mass is 32.2. The van der Waals surface area contributed by atoms with Gasteiger partial charge >= 0.3 is 0 Å². The first-order valence-corrected chi connectivity index (χ1v) is 10.5. The van der Waals surface area contributed by atoms with E-state index in [2.05, 4.69) is 4.98 Å². The fourth-order valence-corrected chi connectivity index (χ4v) is 3.32. The summed E-state index contributed by atoms with van der Waals surface area (Å²) < 4.78 is 42.4. The molecule has 0 bridgehead atoms. The third-order valence-corrected chi connectivity index (χ3v) is 5.28. The van der Waals surface area contributed by atoms with Gasteiger partial charge in [-0.3, -0.25) is 4.98 Å². The van der Waals surface area contributed by atoms with E-state index >= 15 is 0 Å². The minimum atomic E-state index is -3.96. The minimum Gasteiger partial charge on any atom is -0.491 e. The molecule has 0 saturated carbocycles. The molecule has 3 N–H and O–H groups in total. The van der Waals surface area contributed by atoms with Crippen LogP contribution in [0.3, 0.4) is 0 Å². The van der Waals surface area contributed by atoms with Gasteiger partial charge in [-0.05, 0) is 54.3 Å². The van der Waals surface area contributed by atoms with Crippen LogP contribution in [-0.2, 0) is 16.4 Å². The highest BCUT2D eigenvalue weighted by Gasteiger charge is 2.13. The quantitative estimate of drug-likeness (QED) is 0.588. The molecule has 0 spiro atoms. The van der Waals surface area contributed by atoms with Crippen LogP contribution in [0.25, 0.3) is 11.1 Å². The number of aliphatic hydroxyl groups is 1. The van der Waals surface area contributed by atoms with Crippen molar-refractivity contribution >= 4 is 10.0 Å². The van der Waals surface area contributed by atoms with Crippen molar-refractivity contribution in [1.29, 1.82) is 0 Å². The Morgan fingerprint density at radius 2 is 1.90 bits per heavy atom. The first-order valence-electron chi connectivity index (χ1n) is 8.95. The smallest absolute Gasteiger partial charge is 0.238 e. The zero-order chi connectivity index (χ0) is 20.9. The van der Waals surface area contributed by atoms with Gasteiger partial charge in [-0.2, -0.15) is 0 Å². The number of primary sulfonamides is 1. The molecule has 0 aliphatic rings. The van der Waals surface area contributed by atoms with E-state index in [1.54, 1.807) is 36.7 Å². The normalized spacial score (nSPS) is 12.5. The number of aliphatic hydroxyl groups excluding tert-OH is 1. The summed E-state index contributed by atoms with van der Waals surface area (Å²) >= 11 is 0. The van der Waals surface area contributed by atoms with Crippen LogP contribution < -0.4 is 9.88 Å². The third-order valence-electron chi connectivity index (χ3n) is 4.37. The maximum atomic E-state index is 14.3. The van der Waals surface area contributed by atoms with Crippen LogP contribution in [0, 0.1) is 5.82 Å². The van der Waals surface area contributed by atoms with Crippen molar-refractivity contribution in [3.05, 3.63) is 78.4 Å². The van der Waals surface area contributed by atoms with Gasteiger partial charge in [0.05, 0.1) is 11.0 Å². The van der Waals surface area contributed by atoms with Crippen molar-refractivity contribution in [2.45, 2.75) is 23.8 Å². The van der Waals surface area contributed by atoms with E-state index in [0.717, 1.165) is 11.6 Å². The molecular weight excluding hydrogens is 395 g/mol. The van der Waals surface area contributed by atoms with Crippen LogP contribution in [-0.4, -0.2) is 31.2 Å². The van der Waals surface area contributed by atoms with Gasteiger partial charge in [0.1, 0.15) is 18.2 Å². The van der Waals surface area contributed by atoms with Crippen molar-refractivity contribution in [1.82, 2.24) is 4.98 Å².